The van der Waals surface area contributed by atoms with Crippen molar-refractivity contribution in [1.29, 1.82) is 0 Å². The van der Waals surface area contributed by atoms with Gasteiger partial charge in [-0.25, -0.2) is 13.2 Å². The first-order valence-electron chi connectivity index (χ1n) is 11.2. The zero-order valence-electron chi connectivity index (χ0n) is 19.5. The summed E-state index contributed by atoms with van der Waals surface area (Å²) in [6, 6.07) is 9.43. The highest BCUT2D eigenvalue weighted by Crippen LogP contribution is 2.23. The molecule has 0 radical (unpaired) electrons. The SMILES string of the molecule is Cc1cccc(NS(=O)(=O)c2ccc3c(c2)c(=O)n(CCC(=O)N2CCCC2)c(=O)n3C)c1C. The fraction of sp³-hybridized carbons (Fsp3) is 0.375. The summed E-state index contributed by atoms with van der Waals surface area (Å²) in [4.78, 5) is 40.0. The summed E-state index contributed by atoms with van der Waals surface area (Å²) >= 11 is 0. The van der Waals surface area contributed by atoms with E-state index in [1.165, 1.54) is 29.8 Å². The molecule has 180 valence electrons. The molecule has 1 N–H and O–H groups in total. The summed E-state index contributed by atoms with van der Waals surface area (Å²) < 4.78 is 31.0. The minimum atomic E-state index is -3.98. The molecule has 1 fully saturated rings. The number of sulfonamides is 1. The number of anilines is 1. The number of amides is 1. The Bertz CT molecular complexity index is 1500. The highest BCUT2D eigenvalue weighted by Gasteiger charge is 2.21. The quantitative estimate of drug-likeness (QED) is 0.576. The van der Waals surface area contributed by atoms with Crippen LogP contribution in [0.4, 0.5) is 5.69 Å². The van der Waals surface area contributed by atoms with Crippen molar-refractivity contribution in [2.24, 2.45) is 7.05 Å². The van der Waals surface area contributed by atoms with E-state index in [9.17, 15) is 22.8 Å². The molecule has 1 aromatic heterocycles. The van der Waals surface area contributed by atoms with Crippen LogP contribution in [-0.4, -0.2) is 41.4 Å². The molecule has 4 rings (SSSR count). The van der Waals surface area contributed by atoms with Gasteiger partial charge in [0.05, 0.1) is 21.5 Å². The van der Waals surface area contributed by atoms with Gasteiger partial charge in [-0.1, -0.05) is 12.1 Å². The number of likely N-dealkylation sites (tertiary alicyclic amines) is 1. The summed E-state index contributed by atoms with van der Waals surface area (Å²) in [5, 5.41) is 0.0968. The molecule has 0 spiro atoms. The minimum absolute atomic E-state index is 0.0346. The van der Waals surface area contributed by atoms with Crippen LogP contribution in [-0.2, 0) is 28.4 Å². The first-order chi connectivity index (χ1) is 16.1. The predicted octanol–water partition coefficient (Wildman–Crippen LogP) is 2.13. The van der Waals surface area contributed by atoms with Gasteiger partial charge in [0.15, 0.2) is 0 Å². The molecule has 3 aromatic rings. The second kappa shape index (κ2) is 9.09. The van der Waals surface area contributed by atoms with Crippen LogP contribution in [0.5, 0.6) is 0 Å². The topological polar surface area (TPSA) is 110 Å². The molecule has 0 saturated carbocycles. The van der Waals surface area contributed by atoms with E-state index in [4.69, 9.17) is 0 Å². The first-order valence-corrected chi connectivity index (χ1v) is 12.7. The number of carbonyl (C=O) groups excluding carboxylic acids is 1. The van der Waals surface area contributed by atoms with Crippen LogP contribution in [0.3, 0.4) is 0 Å². The third-order valence-corrected chi connectivity index (χ3v) is 7.85. The van der Waals surface area contributed by atoms with Crippen molar-refractivity contribution >= 4 is 32.5 Å². The highest BCUT2D eigenvalue weighted by molar-refractivity contribution is 7.92. The van der Waals surface area contributed by atoms with E-state index in [1.54, 1.807) is 17.0 Å². The molecular formula is C24H28N4O5S. The van der Waals surface area contributed by atoms with Crippen LogP contribution in [0.25, 0.3) is 10.9 Å². The van der Waals surface area contributed by atoms with E-state index in [-0.39, 0.29) is 29.2 Å². The number of aromatic nitrogens is 2. The number of carbonyl (C=O) groups is 1. The second-order valence-corrected chi connectivity index (χ2v) is 10.4. The van der Waals surface area contributed by atoms with E-state index in [1.807, 2.05) is 19.9 Å². The van der Waals surface area contributed by atoms with Crippen molar-refractivity contribution in [3.63, 3.8) is 0 Å². The number of nitrogens with zero attached hydrogens (tertiary/aromatic N) is 3. The van der Waals surface area contributed by atoms with Gasteiger partial charge in [0.25, 0.3) is 15.6 Å². The smallest absolute Gasteiger partial charge is 0.331 e. The number of fused-ring (bicyclic) bond motifs is 1. The molecule has 1 aliphatic heterocycles. The van der Waals surface area contributed by atoms with Gasteiger partial charge in [0.1, 0.15) is 0 Å². The lowest BCUT2D eigenvalue weighted by Gasteiger charge is -2.16. The molecule has 10 heteroatoms. The standard InChI is InChI=1S/C24H28N4O5S/c1-16-7-6-8-20(17(16)2)25-34(32,33)18-9-10-21-19(15-18)23(30)28(24(31)26(21)3)14-11-22(29)27-12-4-5-13-27/h6-10,15,25H,4-5,11-14H2,1-3H3. The zero-order chi connectivity index (χ0) is 24.6. The van der Waals surface area contributed by atoms with Crippen molar-refractivity contribution in [3.8, 4) is 0 Å². The van der Waals surface area contributed by atoms with E-state index in [0.717, 1.165) is 28.5 Å². The average molecular weight is 485 g/mol. The monoisotopic (exact) mass is 484 g/mol. The number of nitrogens with one attached hydrogen (secondary N) is 1. The largest absolute Gasteiger partial charge is 0.343 e. The minimum Gasteiger partial charge on any atom is -0.343 e. The maximum Gasteiger partial charge on any atom is 0.331 e. The van der Waals surface area contributed by atoms with Gasteiger partial charge >= 0.3 is 5.69 Å². The number of aryl methyl sites for hydroxylation is 2. The zero-order valence-corrected chi connectivity index (χ0v) is 20.3. The second-order valence-electron chi connectivity index (χ2n) is 8.67. The van der Waals surface area contributed by atoms with E-state index >= 15 is 0 Å². The Morgan fingerprint density at radius 3 is 2.47 bits per heavy atom. The lowest BCUT2D eigenvalue weighted by atomic mass is 10.1. The van der Waals surface area contributed by atoms with Crippen molar-refractivity contribution in [2.75, 3.05) is 17.8 Å². The molecule has 0 bridgehead atoms. The Morgan fingerprint density at radius 2 is 1.76 bits per heavy atom. The molecule has 9 nitrogen and oxygen atoms in total. The van der Waals surface area contributed by atoms with Gasteiger partial charge < -0.3 is 4.90 Å². The molecule has 0 atom stereocenters. The maximum atomic E-state index is 13.2. The average Bonchev–Trinajstić information content (AvgIpc) is 3.35. The predicted molar refractivity (Wildman–Crippen MR) is 131 cm³/mol. The van der Waals surface area contributed by atoms with Crippen molar-refractivity contribution < 1.29 is 13.2 Å². The molecule has 1 amide bonds. The third-order valence-electron chi connectivity index (χ3n) is 6.49. The Hall–Kier alpha value is -3.40. The van der Waals surface area contributed by atoms with Crippen LogP contribution in [0.2, 0.25) is 0 Å². The van der Waals surface area contributed by atoms with Gasteiger partial charge in [0, 0.05) is 33.1 Å². The van der Waals surface area contributed by atoms with Crippen molar-refractivity contribution in [2.45, 2.75) is 44.6 Å². The summed E-state index contributed by atoms with van der Waals surface area (Å²) in [7, 11) is -2.46. The fourth-order valence-electron chi connectivity index (χ4n) is 4.26. The molecular weight excluding hydrogens is 456 g/mol. The summed E-state index contributed by atoms with van der Waals surface area (Å²) in [6.07, 6.45) is 1.94. The lowest BCUT2D eigenvalue weighted by molar-refractivity contribution is -0.130. The number of benzene rings is 2. The van der Waals surface area contributed by atoms with E-state index < -0.39 is 21.3 Å². The summed E-state index contributed by atoms with van der Waals surface area (Å²) in [5.74, 6) is -0.0967. The number of hydrogen-bond acceptors (Lipinski definition) is 5. The summed E-state index contributed by atoms with van der Waals surface area (Å²) in [6.45, 7) is 5.04. The number of hydrogen-bond donors (Lipinski definition) is 1. The van der Waals surface area contributed by atoms with Gasteiger partial charge in [-0.3, -0.25) is 23.4 Å². The van der Waals surface area contributed by atoms with Gasteiger partial charge in [-0.2, -0.15) is 0 Å². The fourth-order valence-corrected chi connectivity index (χ4v) is 5.41. The van der Waals surface area contributed by atoms with Gasteiger partial charge in [-0.15, -0.1) is 0 Å². The van der Waals surface area contributed by atoms with Gasteiger partial charge in [0.2, 0.25) is 5.91 Å². The van der Waals surface area contributed by atoms with E-state index in [0.29, 0.717) is 24.3 Å². The number of rotatable bonds is 6. The molecule has 0 unspecified atom stereocenters. The first kappa shape index (κ1) is 23.7. The van der Waals surface area contributed by atoms with Crippen LogP contribution in [0, 0.1) is 13.8 Å². The van der Waals surface area contributed by atoms with Crippen LogP contribution < -0.4 is 16.0 Å². The van der Waals surface area contributed by atoms with Crippen LogP contribution in [0.15, 0.2) is 50.9 Å². The van der Waals surface area contributed by atoms with Crippen LogP contribution >= 0.6 is 0 Å². The van der Waals surface area contributed by atoms with E-state index in [2.05, 4.69) is 4.72 Å². The molecule has 2 aromatic carbocycles. The molecule has 2 heterocycles. The Labute approximate surface area is 197 Å². The molecule has 34 heavy (non-hydrogen) atoms. The highest BCUT2D eigenvalue weighted by atomic mass is 32.2. The lowest BCUT2D eigenvalue weighted by Crippen LogP contribution is -2.40. The van der Waals surface area contributed by atoms with Crippen molar-refractivity contribution in [3.05, 3.63) is 68.4 Å². The van der Waals surface area contributed by atoms with Gasteiger partial charge in [-0.05, 0) is 62.1 Å². The van der Waals surface area contributed by atoms with Crippen LogP contribution in [0.1, 0.15) is 30.4 Å². The Kier molecular flexibility index (Phi) is 6.35. The normalized spacial score (nSPS) is 14.0. The third kappa shape index (κ3) is 4.37. The maximum absolute atomic E-state index is 13.2. The Morgan fingerprint density at radius 1 is 1.06 bits per heavy atom. The van der Waals surface area contributed by atoms with Crippen molar-refractivity contribution in [1.82, 2.24) is 14.0 Å². The molecule has 1 aliphatic rings. The summed E-state index contributed by atoms with van der Waals surface area (Å²) in [5.41, 5.74) is 1.37. The molecule has 0 aliphatic carbocycles. The molecule has 1 saturated heterocycles. The Balaban J connectivity index is 1.71.